The van der Waals surface area contributed by atoms with Crippen molar-refractivity contribution in [2.24, 2.45) is 0 Å². The van der Waals surface area contributed by atoms with E-state index in [2.05, 4.69) is 0 Å². The number of rotatable bonds is 3. The first-order chi connectivity index (χ1) is 8.24. The number of fused-ring (bicyclic) bond motifs is 3. The molecule has 1 saturated heterocycles. The Morgan fingerprint density at radius 3 is 2.65 bits per heavy atom. The van der Waals surface area contributed by atoms with E-state index in [1.54, 1.807) is 14.2 Å². The van der Waals surface area contributed by atoms with Gasteiger partial charge in [0.15, 0.2) is 11.5 Å². The normalized spacial score (nSPS) is 28.3. The van der Waals surface area contributed by atoms with Crippen LogP contribution in [0, 0.1) is 0 Å². The van der Waals surface area contributed by atoms with Crippen molar-refractivity contribution in [1.29, 1.82) is 0 Å². The smallest absolute Gasteiger partial charge is 0.161 e. The summed E-state index contributed by atoms with van der Waals surface area (Å²) in [6.07, 6.45) is 3.80. The quantitative estimate of drug-likeness (QED) is 0.806. The van der Waals surface area contributed by atoms with Crippen molar-refractivity contribution < 1.29 is 19.3 Å². The van der Waals surface area contributed by atoms with E-state index >= 15 is 0 Å². The van der Waals surface area contributed by atoms with Gasteiger partial charge in [0, 0.05) is 0 Å². The number of epoxide rings is 1. The molecule has 2 atom stereocenters. The van der Waals surface area contributed by atoms with Crippen LogP contribution in [0.25, 0.3) is 6.08 Å². The molecule has 1 N–H and O–H groups in total. The molecule has 1 aromatic rings. The molecule has 0 bridgehead atoms. The molecular formula is C13H14O4. The van der Waals surface area contributed by atoms with E-state index in [1.807, 2.05) is 24.3 Å². The molecule has 0 radical (unpaired) electrons. The summed E-state index contributed by atoms with van der Waals surface area (Å²) in [5.41, 5.74) is 1.58. The van der Waals surface area contributed by atoms with Gasteiger partial charge >= 0.3 is 0 Å². The summed E-state index contributed by atoms with van der Waals surface area (Å²) in [7, 11) is 3.22. The average Bonchev–Trinajstić information content (AvgIpc) is 3.12. The molecule has 17 heavy (non-hydrogen) atoms. The molecule has 0 saturated carbocycles. The highest BCUT2D eigenvalue weighted by Crippen LogP contribution is 2.55. The van der Waals surface area contributed by atoms with Crippen LogP contribution >= 0.6 is 0 Å². The Labute approximate surface area is 99.4 Å². The predicted molar refractivity (Wildman–Crippen MR) is 62.2 cm³/mol. The third-order valence-electron chi connectivity index (χ3n) is 3.39. The Kier molecular flexibility index (Phi) is 2.18. The van der Waals surface area contributed by atoms with Gasteiger partial charge in [-0.05, 0) is 29.3 Å². The largest absolute Gasteiger partial charge is 0.493 e. The van der Waals surface area contributed by atoms with E-state index in [9.17, 15) is 5.11 Å². The highest BCUT2D eigenvalue weighted by Gasteiger charge is 2.57. The Balaban J connectivity index is 2.09. The van der Waals surface area contributed by atoms with E-state index in [0.29, 0.717) is 11.5 Å². The van der Waals surface area contributed by atoms with E-state index in [0.717, 1.165) is 11.1 Å². The topological polar surface area (TPSA) is 51.2 Å². The highest BCUT2D eigenvalue weighted by atomic mass is 16.6. The van der Waals surface area contributed by atoms with Crippen molar-refractivity contribution >= 4 is 6.08 Å². The molecule has 1 fully saturated rings. The number of hydrogen-bond acceptors (Lipinski definition) is 4. The van der Waals surface area contributed by atoms with Gasteiger partial charge in [0.25, 0.3) is 0 Å². The maximum Gasteiger partial charge on any atom is 0.161 e. The van der Waals surface area contributed by atoms with Crippen molar-refractivity contribution in [3.63, 3.8) is 0 Å². The second kappa shape index (κ2) is 3.48. The van der Waals surface area contributed by atoms with E-state index in [1.165, 1.54) is 0 Å². The maximum absolute atomic E-state index is 9.31. The lowest BCUT2D eigenvalue weighted by molar-refractivity contribution is 0.203. The molecule has 3 rings (SSSR count). The first-order valence-electron chi connectivity index (χ1n) is 5.48. The minimum absolute atomic E-state index is 0.00194. The van der Waals surface area contributed by atoms with Gasteiger partial charge in [-0.2, -0.15) is 0 Å². The second-order valence-electron chi connectivity index (χ2n) is 4.28. The van der Waals surface area contributed by atoms with Crippen molar-refractivity contribution in [2.45, 2.75) is 11.7 Å². The summed E-state index contributed by atoms with van der Waals surface area (Å²) in [5, 5.41) is 9.31. The first kappa shape index (κ1) is 10.6. The Morgan fingerprint density at radius 2 is 2.00 bits per heavy atom. The van der Waals surface area contributed by atoms with Gasteiger partial charge in [0.2, 0.25) is 0 Å². The molecule has 1 aromatic carbocycles. The zero-order chi connectivity index (χ0) is 12.0. The van der Waals surface area contributed by atoms with Crippen LogP contribution in [0.3, 0.4) is 0 Å². The van der Waals surface area contributed by atoms with Gasteiger partial charge in [0.1, 0.15) is 11.7 Å². The van der Waals surface area contributed by atoms with E-state index < -0.39 is 5.60 Å². The SMILES string of the molecule is COc1cc2c(cc1OC)C1OC1(CO)C=C2. The molecular weight excluding hydrogens is 220 g/mol. The van der Waals surface area contributed by atoms with Crippen LogP contribution in [0.15, 0.2) is 18.2 Å². The van der Waals surface area contributed by atoms with Crippen molar-refractivity contribution in [1.82, 2.24) is 0 Å². The highest BCUT2D eigenvalue weighted by molar-refractivity contribution is 5.66. The van der Waals surface area contributed by atoms with Crippen LogP contribution in [0.1, 0.15) is 17.2 Å². The monoisotopic (exact) mass is 234 g/mol. The number of aliphatic hydroxyl groups excluding tert-OH is 1. The van der Waals surface area contributed by atoms with Crippen molar-refractivity contribution in [2.75, 3.05) is 20.8 Å². The van der Waals surface area contributed by atoms with Crippen LogP contribution in [0.5, 0.6) is 11.5 Å². The summed E-state index contributed by atoms with van der Waals surface area (Å²) in [5.74, 6) is 1.39. The summed E-state index contributed by atoms with van der Waals surface area (Å²) >= 11 is 0. The van der Waals surface area contributed by atoms with Gasteiger partial charge in [-0.3, -0.25) is 0 Å². The number of benzene rings is 1. The molecule has 4 nitrogen and oxygen atoms in total. The average molecular weight is 234 g/mol. The van der Waals surface area contributed by atoms with Gasteiger partial charge in [-0.15, -0.1) is 0 Å². The van der Waals surface area contributed by atoms with Crippen LogP contribution in [0.4, 0.5) is 0 Å². The molecule has 0 spiro atoms. The second-order valence-corrected chi connectivity index (χ2v) is 4.28. The van der Waals surface area contributed by atoms with Gasteiger partial charge in [-0.1, -0.05) is 6.08 Å². The molecule has 4 heteroatoms. The number of hydrogen-bond donors (Lipinski definition) is 1. The number of aliphatic hydroxyl groups is 1. The number of methoxy groups -OCH3 is 2. The molecule has 2 unspecified atom stereocenters. The fraction of sp³-hybridized carbons (Fsp3) is 0.385. The standard InChI is InChI=1S/C13H14O4/c1-15-10-5-8-3-4-13(7-14)12(17-13)9(8)6-11(10)16-2/h3-6,12,14H,7H2,1-2H3. The Hall–Kier alpha value is -1.52. The third-order valence-corrected chi connectivity index (χ3v) is 3.39. The molecule has 0 aromatic heterocycles. The third kappa shape index (κ3) is 1.38. The fourth-order valence-electron chi connectivity index (χ4n) is 2.32. The predicted octanol–water partition coefficient (Wildman–Crippen LogP) is 1.53. The van der Waals surface area contributed by atoms with Crippen LogP contribution in [0.2, 0.25) is 0 Å². The van der Waals surface area contributed by atoms with Crippen molar-refractivity contribution in [3.05, 3.63) is 29.3 Å². The van der Waals surface area contributed by atoms with Gasteiger partial charge in [0.05, 0.1) is 20.8 Å². The molecule has 1 aliphatic carbocycles. The maximum atomic E-state index is 9.31. The minimum atomic E-state index is -0.507. The molecule has 2 aliphatic rings. The zero-order valence-corrected chi connectivity index (χ0v) is 9.77. The summed E-state index contributed by atoms with van der Waals surface area (Å²) < 4.78 is 16.1. The molecule has 1 heterocycles. The summed E-state index contributed by atoms with van der Waals surface area (Å²) in [4.78, 5) is 0. The van der Waals surface area contributed by atoms with Crippen LogP contribution in [-0.4, -0.2) is 31.5 Å². The summed E-state index contributed by atoms with van der Waals surface area (Å²) in [6, 6.07) is 3.84. The fourth-order valence-corrected chi connectivity index (χ4v) is 2.32. The van der Waals surface area contributed by atoms with Crippen molar-refractivity contribution in [3.8, 4) is 11.5 Å². The van der Waals surface area contributed by atoms with Gasteiger partial charge in [-0.25, -0.2) is 0 Å². The van der Waals surface area contributed by atoms with Crippen LogP contribution < -0.4 is 9.47 Å². The Morgan fingerprint density at radius 1 is 1.29 bits per heavy atom. The molecule has 1 aliphatic heterocycles. The lowest BCUT2D eigenvalue weighted by atomic mass is 9.90. The minimum Gasteiger partial charge on any atom is -0.493 e. The zero-order valence-electron chi connectivity index (χ0n) is 9.77. The van der Waals surface area contributed by atoms with E-state index in [-0.39, 0.29) is 12.7 Å². The van der Waals surface area contributed by atoms with Gasteiger partial charge < -0.3 is 19.3 Å². The van der Waals surface area contributed by atoms with E-state index in [4.69, 9.17) is 14.2 Å². The number of ether oxygens (including phenoxy) is 3. The molecule has 0 amide bonds. The Bertz CT molecular complexity index is 494. The van der Waals surface area contributed by atoms with Crippen LogP contribution in [-0.2, 0) is 4.74 Å². The summed E-state index contributed by atoms with van der Waals surface area (Å²) in [6.45, 7) is 0.00194. The lowest BCUT2D eigenvalue weighted by Gasteiger charge is -2.15. The first-order valence-corrected chi connectivity index (χ1v) is 5.48. The lowest BCUT2D eigenvalue weighted by Crippen LogP contribution is -2.17. The molecule has 90 valence electrons.